The van der Waals surface area contributed by atoms with Crippen LogP contribution >= 0.6 is 0 Å². The van der Waals surface area contributed by atoms with Gasteiger partial charge in [-0.05, 0) is 49.2 Å². The molecular formula is C21H19F2N5O2. The predicted molar refractivity (Wildman–Crippen MR) is 108 cm³/mol. The fourth-order valence-corrected chi connectivity index (χ4v) is 2.95. The van der Waals surface area contributed by atoms with Gasteiger partial charge in [-0.15, -0.1) is 0 Å². The largest absolute Gasteiger partial charge is 0.335 e. The first-order valence-corrected chi connectivity index (χ1v) is 9.37. The maximum Gasteiger partial charge on any atom is 0.319 e. The fraction of sp³-hybridized carbons (Fsp3) is 0.190. The molecular weight excluding hydrogens is 392 g/mol. The topological polar surface area (TPSA) is 88.0 Å². The third kappa shape index (κ3) is 4.45. The number of rotatable bonds is 5. The molecule has 1 heterocycles. The molecule has 0 radical (unpaired) electrons. The molecule has 3 N–H and O–H groups in total. The number of nitrogens with zero attached hydrogens (tertiary/aromatic N) is 2. The third-order valence-electron chi connectivity index (χ3n) is 4.57. The van der Waals surface area contributed by atoms with Crippen LogP contribution in [0.1, 0.15) is 23.2 Å². The molecule has 0 bridgehead atoms. The van der Waals surface area contributed by atoms with Crippen molar-refractivity contribution in [3.63, 3.8) is 0 Å². The molecule has 2 aromatic carbocycles. The summed E-state index contributed by atoms with van der Waals surface area (Å²) in [6.45, 7) is 0. The number of carbonyl (C=O) groups is 2. The number of aromatic nitrogens is 2. The normalized spacial score (nSPS) is 13.0. The van der Waals surface area contributed by atoms with Gasteiger partial charge in [-0.2, -0.15) is 5.10 Å². The van der Waals surface area contributed by atoms with Crippen LogP contribution in [0, 0.1) is 11.6 Å². The second-order valence-corrected chi connectivity index (χ2v) is 7.09. The third-order valence-corrected chi connectivity index (χ3v) is 4.57. The molecule has 0 aliphatic heterocycles. The van der Waals surface area contributed by atoms with E-state index in [-0.39, 0.29) is 28.9 Å². The van der Waals surface area contributed by atoms with Gasteiger partial charge >= 0.3 is 6.03 Å². The highest BCUT2D eigenvalue weighted by atomic mass is 19.1. The van der Waals surface area contributed by atoms with Crippen LogP contribution in [0.5, 0.6) is 0 Å². The zero-order valence-corrected chi connectivity index (χ0v) is 16.1. The first-order valence-electron chi connectivity index (χ1n) is 9.37. The number of aryl methyl sites for hydroxylation is 1. The van der Waals surface area contributed by atoms with Crippen molar-refractivity contribution in [2.24, 2.45) is 7.05 Å². The number of carbonyl (C=O) groups excluding carboxylic acids is 2. The zero-order valence-electron chi connectivity index (χ0n) is 16.1. The van der Waals surface area contributed by atoms with E-state index in [1.54, 1.807) is 31.3 Å². The van der Waals surface area contributed by atoms with Gasteiger partial charge in [-0.3, -0.25) is 9.48 Å². The molecule has 3 aromatic rings. The van der Waals surface area contributed by atoms with E-state index in [2.05, 4.69) is 21.0 Å². The Morgan fingerprint density at radius 3 is 2.33 bits per heavy atom. The Labute approximate surface area is 171 Å². The van der Waals surface area contributed by atoms with Crippen LogP contribution in [0.15, 0.2) is 48.7 Å². The van der Waals surface area contributed by atoms with Gasteiger partial charge in [0, 0.05) is 42.3 Å². The second kappa shape index (κ2) is 7.94. The lowest BCUT2D eigenvalue weighted by Crippen LogP contribution is -2.30. The van der Waals surface area contributed by atoms with E-state index >= 15 is 0 Å². The molecule has 1 saturated carbocycles. The molecule has 9 heteroatoms. The highest BCUT2D eigenvalue weighted by Crippen LogP contribution is 2.26. The monoisotopic (exact) mass is 411 g/mol. The average molecular weight is 411 g/mol. The number of amides is 3. The maximum absolute atomic E-state index is 14.2. The molecule has 1 aromatic heterocycles. The number of halogens is 2. The van der Waals surface area contributed by atoms with Crippen molar-refractivity contribution in [3.05, 3.63) is 65.9 Å². The summed E-state index contributed by atoms with van der Waals surface area (Å²) in [5.74, 6) is -2.01. The van der Waals surface area contributed by atoms with E-state index in [4.69, 9.17) is 0 Å². The van der Waals surface area contributed by atoms with Crippen LogP contribution in [0.3, 0.4) is 0 Å². The molecule has 7 nitrogen and oxygen atoms in total. The highest BCUT2D eigenvalue weighted by Gasteiger charge is 2.23. The zero-order chi connectivity index (χ0) is 21.3. The molecule has 0 unspecified atom stereocenters. The van der Waals surface area contributed by atoms with E-state index in [1.165, 1.54) is 16.9 Å². The van der Waals surface area contributed by atoms with E-state index < -0.39 is 17.5 Å². The Bertz CT molecular complexity index is 1110. The number of hydrogen-bond acceptors (Lipinski definition) is 3. The minimum Gasteiger partial charge on any atom is -0.335 e. The van der Waals surface area contributed by atoms with Crippen molar-refractivity contribution in [1.82, 2.24) is 15.1 Å². The first kappa shape index (κ1) is 19.6. The lowest BCUT2D eigenvalue weighted by atomic mass is 10.1. The SMILES string of the molecule is Cn1cc(C(=O)Nc2ccc(NC(=O)NC3CC3)cc2)c(-c2ccc(F)cc2F)n1. The molecule has 1 fully saturated rings. The number of hydrogen-bond donors (Lipinski definition) is 3. The summed E-state index contributed by atoms with van der Waals surface area (Å²) < 4.78 is 28.8. The van der Waals surface area contributed by atoms with Gasteiger partial charge in [-0.25, -0.2) is 13.6 Å². The Morgan fingerprint density at radius 1 is 1.03 bits per heavy atom. The smallest absolute Gasteiger partial charge is 0.319 e. The van der Waals surface area contributed by atoms with E-state index in [0.717, 1.165) is 25.0 Å². The van der Waals surface area contributed by atoms with Gasteiger partial charge < -0.3 is 16.0 Å². The van der Waals surface area contributed by atoms with Gasteiger partial charge in [0.1, 0.15) is 17.3 Å². The van der Waals surface area contributed by atoms with Crippen LogP contribution in [0.25, 0.3) is 11.3 Å². The number of urea groups is 1. The van der Waals surface area contributed by atoms with Crippen molar-refractivity contribution in [3.8, 4) is 11.3 Å². The Balaban J connectivity index is 1.48. The summed E-state index contributed by atoms with van der Waals surface area (Å²) in [7, 11) is 1.61. The van der Waals surface area contributed by atoms with E-state index in [1.807, 2.05) is 0 Å². The minimum atomic E-state index is -0.803. The molecule has 0 saturated heterocycles. The molecule has 4 rings (SSSR count). The average Bonchev–Trinajstić information content (AvgIpc) is 3.42. The minimum absolute atomic E-state index is 0.0309. The van der Waals surface area contributed by atoms with E-state index in [9.17, 15) is 18.4 Å². The van der Waals surface area contributed by atoms with Crippen molar-refractivity contribution < 1.29 is 18.4 Å². The van der Waals surface area contributed by atoms with Crippen LogP contribution in [0.2, 0.25) is 0 Å². The molecule has 0 spiro atoms. The number of anilines is 2. The molecule has 30 heavy (non-hydrogen) atoms. The molecule has 154 valence electrons. The Kier molecular flexibility index (Phi) is 5.18. The van der Waals surface area contributed by atoms with Crippen molar-refractivity contribution in [2.75, 3.05) is 10.6 Å². The standard InChI is InChI=1S/C21H19F2N5O2/c1-28-11-17(19(27-28)16-9-2-12(22)10-18(16)23)20(29)24-13-3-5-14(6-4-13)25-21(30)26-15-7-8-15/h2-6,9-11,15H,7-8H2,1H3,(H,24,29)(H2,25,26,30). The highest BCUT2D eigenvalue weighted by molar-refractivity contribution is 6.08. The molecule has 3 amide bonds. The van der Waals surface area contributed by atoms with Crippen LogP contribution < -0.4 is 16.0 Å². The summed E-state index contributed by atoms with van der Waals surface area (Å²) in [5, 5.41) is 12.4. The van der Waals surface area contributed by atoms with Crippen LogP contribution in [0.4, 0.5) is 25.0 Å². The second-order valence-electron chi connectivity index (χ2n) is 7.09. The van der Waals surface area contributed by atoms with E-state index in [0.29, 0.717) is 11.4 Å². The first-order chi connectivity index (χ1) is 14.4. The summed E-state index contributed by atoms with van der Waals surface area (Å²) in [5.41, 5.74) is 1.36. The van der Waals surface area contributed by atoms with Crippen molar-refractivity contribution in [2.45, 2.75) is 18.9 Å². The van der Waals surface area contributed by atoms with Gasteiger partial charge in [0.05, 0.1) is 5.56 Å². The summed E-state index contributed by atoms with van der Waals surface area (Å²) in [6, 6.07) is 9.68. The van der Waals surface area contributed by atoms with Crippen molar-refractivity contribution >= 4 is 23.3 Å². The van der Waals surface area contributed by atoms with Crippen LogP contribution in [-0.2, 0) is 7.05 Å². The maximum atomic E-state index is 14.2. The molecule has 0 atom stereocenters. The molecule has 1 aliphatic carbocycles. The van der Waals surface area contributed by atoms with Gasteiger partial charge in [0.2, 0.25) is 0 Å². The summed E-state index contributed by atoms with van der Waals surface area (Å²) in [4.78, 5) is 24.5. The fourth-order valence-electron chi connectivity index (χ4n) is 2.95. The summed E-state index contributed by atoms with van der Waals surface area (Å²) >= 11 is 0. The lowest BCUT2D eigenvalue weighted by molar-refractivity contribution is 0.102. The Hall–Kier alpha value is -3.75. The van der Waals surface area contributed by atoms with Gasteiger partial charge in [0.25, 0.3) is 5.91 Å². The Morgan fingerprint density at radius 2 is 1.70 bits per heavy atom. The molecule has 1 aliphatic rings. The summed E-state index contributed by atoms with van der Waals surface area (Å²) in [6.07, 6.45) is 3.46. The number of nitrogens with one attached hydrogen (secondary N) is 3. The predicted octanol–water partition coefficient (Wildman–Crippen LogP) is 3.90. The van der Waals surface area contributed by atoms with Crippen LogP contribution in [-0.4, -0.2) is 27.8 Å². The van der Waals surface area contributed by atoms with Gasteiger partial charge in [-0.1, -0.05) is 0 Å². The van der Waals surface area contributed by atoms with Crippen molar-refractivity contribution in [1.29, 1.82) is 0 Å². The van der Waals surface area contributed by atoms with Gasteiger partial charge in [0.15, 0.2) is 0 Å². The lowest BCUT2D eigenvalue weighted by Gasteiger charge is -2.09. The quantitative estimate of drug-likeness (QED) is 0.595. The number of benzene rings is 2.